The first-order valence-electron chi connectivity index (χ1n) is 6.51. The third kappa shape index (κ3) is 3.59. The molecule has 100 valence electrons. The Balaban J connectivity index is 1.93. The Labute approximate surface area is 114 Å². The van der Waals surface area contributed by atoms with E-state index in [1.54, 1.807) is 0 Å². The minimum absolute atomic E-state index is 0.489. The molecule has 1 aliphatic heterocycles. The van der Waals surface area contributed by atoms with Gasteiger partial charge in [0.2, 0.25) is 5.95 Å². The molecular formula is C13H22N4S. The number of aromatic nitrogens is 2. The highest BCUT2D eigenvalue weighted by Gasteiger charge is 2.21. The molecule has 0 amide bonds. The van der Waals surface area contributed by atoms with Gasteiger partial charge in [-0.3, -0.25) is 0 Å². The first-order chi connectivity index (χ1) is 8.66. The lowest BCUT2D eigenvalue weighted by atomic mass is 10.2. The summed E-state index contributed by atoms with van der Waals surface area (Å²) in [6, 6.07) is 1.08. The molecule has 1 atom stereocenters. The Morgan fingerprint density at radius 3 is 2.72 bits per heavy atom. The molecule has 5 heteroatoms. The van der Waals surface area contributed by atoms with Gasteiger partial charge in [-0.15, -0.1) is 0 Å². The fourth-order valence-corrected chi connectivity index (χ4v) is 3.20. The standard InChI is InChI=1S/C13H22N4S/c1-10(2)14-6-11-7-15-13(16-8-11)17(3)12-4-5-18-9-12/h7-8,10,12,14H,4-6,9H2,1-3H3. The maximum Gasteiger partial charge on any atom is 0.225 e. The van der Waals surface area contributed by atoms with Crippen LogP contribution in [-0.2, 0) is 6.54 Å². The van der Waals surface area contributed by atoms with Gasteiger partial charge in [-0.05, 0) is 12.2 Å². The molecular weight excluding hydrogens is 244 g/mol. The first-order valence-corrected chi connectivity index (χ1v) is 7.67. The molecule has 1 aliphatic rings. The van der Waals surface area contributed by atoms with Crippen LogP contribution in [0.15, 0.2) is 12.4 Å². The molecule has 0 bridgehead atoms. The van der Waals surface area contributed by atoms with Crippen LogP contribution in [0.2, 0.25) is 0 Å². The lowest BCUT2D eigenvalue weighted by Crippen LogP contribution is -2.32. The molecule has 1 N–H and O–H groups in total. The van der Waals surface area contributed by atoms with Crippen LogP contribution < -0.4 is 10.2 Å². The van der Waals surface area contributed by atoms with Crippen LogP contribution in [0.5, 0.6) is 0 Å². The van der Waals surface area contributed by atoms with Crippen molar-refractivity contribution >= 4 is 17.7 Å². The number of anilines is 1. The molecule has 1 saturated heterocycles. The second-order valence-corrected chi connectivity index (χ2v) is 6.21. The molecule has 0 aliphatic carbocycles. The smallest absolute Gasteiger partial charge is 0.225 e. The number of rotatable bonds is 5. The highest BCUT2D eigenvalue weighted by atomic mass is 32.2. The van der Waals surface area contributed by atoms with Gasteiger partial charge in [-0.1, -0.05) is 13.8 Å². The van der Waals surface area contributed by atoms with Crippen LogP contribution in [0, 0.1) is 0 Å². The highest BCUT2D eigenvalue weighted by molar-refractivity contribution is 7.99. The second-order valence-electron chi connectivity index (χ2n) is 5.06. The van der Waals surface area contributed by atoms with Crippen molar-refractivity contribution in [1.82, 2.24) is 15.3 Å². The fraction of sp³-hybridized carbons (Fsp3) is 0.692. The zero-order valence-corrected chi connectivity index (χ0v) is 12.2. The van der Waals surface area contributed by atoms with Gasteiger partial charge in [0.1, 0.15) is 0 Å². The van der Waals surface area contributed by atoms with E-state index in [-0.39, 0.29) is 0 Å². The molecule has 0 aromatic carbocycles. The summed E-state index contributed by atoms with van der Waals surface area (Å²) in [6.07, 6.45) is 5.09. The molecule has 2 heterocycles. The number of hydrogen-bond acceptors (Lipinski definition) is 5. The minimum atomic E-state index is 0.489. The van der Waals surface area contributed by atoms with E-state index in [0.29, 0.717) is 12.1 Å². The van der Waals surface area contributed by atoms with Gasteiger partial charge < -0.3 is 10.2 Å². The zero-order valence-electron chi connectivity index (χ0n) is 11.4. The van der Waals surface area contributed by atoms with Crippen LogP contribution in [0.4, 0.5) is 5.95 Å². The van der Waals surface area contributed by atoms with Gasteiger partial charge >= 0.3 is 0 Å². The fourth-order valence-electron chi connectivity index (χ4n) is 1.93. The molecule has 2 rings (SSSR count). The zero-order chi connectivity index (χ0) is 13.0. The Kier molecular flexibility index (Phi) is 4.83. The van der Waals surface area contributed by atoms with E-state index in [2.05, 4.69) is 41.1 Å². The van der Waals surface area contributed by atoms with E-state index in [1.807, 2.05) is 24.2 Å². The Hall–Kier alpha value is -0.810. The monoisotopic (exact) mass is 266 g/mol. The summed E-state index contributed by atoms with van der Waals surface area (Å²) in [7, 11) is 2.10. The molecule has 1 unspecified atom stereocenters. The Bertz CT molecular complexity index is 360. The number of thioether (sulfide) groups is 1. The summed E-state index contributed by atoms with van der Waals surface area (Å²) in [5.74, 6) is 3.29. The summed E-state index contributed by atoms with van der Waals surface area (Å²) < 4.78 is 0. The average molecular weight is 266 g/mol. The molecule has 1 aromatic rings. The third-order valence-corrected chi connectivity index (χ3v) is 4.32. The van der Waals surface area contributed by atoms with Crippen molar-refractivity contribution < 1.29 is 0 Å². The van der Waals surface area contributed by atoms with Crippen molar-refractivity contribution in [2.24, 2.45) is 0 Å². The van der Waals surface area contributed by atoms with Crippen LogP contribution in [0.25, 0.3) is 0 Å². The van der Waals surface area contributed by atoms with Gasteiger partial charge in [0, 0.05) is 49.4 Å². The quantitative estimate of drug-likeness (QED) is 0.882. The number of nitrogens with one attached hydrogen (secondary N) is 1. The van der Waals surface area contributed by atoms with E-state index in [4.69, 9.17) is 0 Å². The van der Waals surface area contributed by atoms with Gasteiger partial charge in [-0.25, -0.2) is 9.97 Å². The van der Waals surface area contributed by atoms with Gasteiger partial charge in [0.15, 0.2) is 0 Å². The van der Waals surface area contributed by atoms with Crippen molar-refractivity contribution in [3.8, 4) is 0 Å². The van der Waals surface area contributed by atoms with Crippen molar-refractivity contribution in [3.63, 3.8) is 0 Å². The van der Waals surface area contributed by atoms with Crippen LogP contribution in [-0.4, -0.2) is 40.6 Å². The van der Waals surface area contributed by atoms with E-state index >= 15 is 0 Å². The van der Waals surface area contributed by atoms with Crippen molar-refractivity contribution in [3.05, 3.63) is 18.0 Å². The van der Waals surface area contributed by atoms with Gasteiger partial charge in [-0.2, -0.15) is 11.8 Å². The third-order valence-electron chi connectivity index (χ3n) is 3.17. The first kappa shape index (κ1) is 13.6. The predicted molar refractivity (Wildman–Crippen MR) is 78.1 cm³/mol. The second kappa shape index (κ2) is 6.38. The summed E-state index contributed by atoms with van der Waals surface area (Å²) in [6.45, 7) is 5.11. The molecule has 0 spiro atoms. The van der Waals surface area contributed by atoms with E-state index < -0.39 is 0 Å². The van der Waals surface area contributed by atoms with Crippen molar-refractivity contribution in [2.45, 2.75) is 38.9 Å². The van der Waals surface area contributed by atoms with Gasteiger partial charge in [0.05, 0.1) is 0 Å². The largest absolute Gasteiger partial charge is 0.340 e. The molecule has 4 nitrogen and oxygen atoms in total. The van der Waals surface area contributed by atoms with Gasteiger partial charge in [0.25, 0.3) is 0 Å². The molecule has 0 radical (unpaired) electrons. The van der Waals surface area contributed by atoms with Crippen molar-refractivity contribution in [1.29, 1.82) is 0 Å². The summed E-state index contributed by atoms with van der Waals surface area (Å²) in [4.78, 5) is 11.1. The minimum Gasteiger partial charge on any atom is -0.340 e. The summed E-state index contributed by atoms with van der Waals surface area (Å²) in [5.41, 5.74) is 1.14. The molecule has 0 saturated carbocycles. The molecule has 1 fully saturated rings. The van der Waals surface area contributed by atoms with Crippen LogP contribution in [0.1, 0.15) is 25.8 Å². The highest BCUT2D eigenvalue weighted by Crippen LogP contribution is 2.23. The lowest BCUT2D eigenvalue weighted by molar-refractivity contribution is 0.586. The van der Waals surface area contributed by atoms with E-state index in [9.17, 15) is 0 Å². The lowest BCUT2D eigenvalue weighted by Gasteiger charge is -2.23. The topological polar surface area (TPSA) is 41.1 Å². The van der Waals surface area contributed by atoms with E-state index in [1.165, 1.54) is 17.9 Å². The normalized spacial score (nSPS) is 19.4. The number of nitrogens with zero attached hydrogens (tertiary/aromatic N) is 3. The molecule has 18 heavy (non-hydrogen) atoms. The van der Waals surface area contributed by atoms with Crippen molar-refractivity contribution in [2.75, 3.05) is 23.5 Å². The van der Waals surface area contributed by atoms with E-state index in [0.717, 1.165) is 18.1 Å². The molecule has 1 aromatic heterocycles. The summed E-state index contributed by atoms with van der Waals surface area (Å²) in [5, 5.41) is 3.37. The predicted octanol–water partition coefficient (Wildman–Crippen LogP) is 1.92. The summed E-state index contributed by atoms with van der Waals surface area (Å²) >= 11 is 2.01. The SMILES string of the molecule is CC(C)NCc1cnc(N(C)C2CCSC2)nc1. The maximum atomic E-state index is 4.47. The number of hydrogen-bond donors (Lipinski definition) is 1. The maximum absolute atomic E-state index is 4.47. The van der Waals surface area contributed by atoms with Crippen LogP contribution in [0.3, 0.4) is 0 Å². The average Bonchev–Trinajstić information content (AvgIpc) is 2.90. The van der Waals surface area contributed by atoms with Crippen LogP contribution >= 0.6 is 11.8 Å². The Morgan fingerprint density at radius 2 is 2.17 bits per heavy atom. The Morgan fingerprint density at radius 1 is 1.44 bits per heavy atom.